The van der Waals surface area contributed by atoms with Gasteiger partial charge in [0, 0.05) is 19.3 Å². The second-order valence-electron chi connectivity index (χ2n) is 6.19. The smallest absolute Gasteiger partial charge is 0.286 e. The van der Waals surface area contributed by atoms with Gasteiger partial charge in [0.2, 0.25) is 0 Å². The molecular weight excluding hydrogens is 378 g/mol. The Morgan fingerprint density at radius 2 is 2.18 bits per heavy atom. The molecule has 0 saturated carbocycles. The number of hydrogen-bond donors (Lipinski definition) is 1. The Hall–Kier alpha value is -2.99. The van der Waals surface area contributed by atoms with Crippen molar-refractivity contribution in [2.45, 2.75) is 26.0 Å². The van der Waals surface area contributed by atoms with Crippen LogP contribution < -0.4 is 10.1 Å². The summed E-state index contributed by atoms with van der Waals surface area (Å²) >= 11 is 5.82. The van der Waals surface area contributed by atoms with Crippen LogP contribution in [0.4, 0.5) is 0 Å². The molecule has 3 rings (SSSR count). The van der Waals surface area contributed by atoms with Crippen LogP contribution in [-0.4, -0.2) is 22.2 Å². The normalized spacial score (nSPS) is 10.6. The zero-order chi connectivity index (χ0) is 19.8. The molecule has 3 aromatic rings. The predicted octanol–water partition coefficient (Wildman–Crippen LogP) is 4.26. The Morgan fingerprint density at radius 1 is 1.32 bits per heavy atom. The molecule has 1 amide bonds. The van der Waals surface area contributed by atoms with E-state index in [0.29, 0.717) is 23.9 Å². The number of allylic oxidation sites excluding steroid dienone is 1. The van der Waals surface area contributed by atoms with E-state index in [1.54, 1.807) is 29.2 Å². The molecule has 1 aromatic carbocycles. The molecule has 0 bridgehead atoms. The van der Waals surface area contributed by atoms with Gasteiger partial charge in [0.1, 0.15) is 18.1 Å². The number of aromatic nitrogens is 2. The van der Waals surface area contributed by atoms with E-state index in [0.717, 1.165) is 24.2 Å². The molecule has 146 valence electrons. The van der Waals surface area contributed by atoms with Crippen molar-refractivity contribution >= 4 is 17.5 Å². The van der Waals surface area contributed by atoms with E-state index in [-0.39, 0.29) is 18.3 Å². The van der Waals surface area contributed by atoms with Crippen molar-refractivity contribution in [2.24, 2.45) is 0 Å². The molecule has 6 nitrogen and oxygen atoms in total. The van der Waals surface area contributed by atoms with E-state index in [9.17, 15) is 4.79 Å². The first-order chi connectivity index (χ1) is 13.7. The maximum atomic E-state index is 12.2. The highest BCUT2D eigenvalue weighted by molar-refractivity contribution is 6.30. The number of rotatable bonds is 10. The minimum Gasteiger partial charge on any atom is -0.485 e. The van der Waals surface area contributed by atoms with Crippen molar-refractivity contribution in [1.82, 2.24) is 15.1 Å². The number of aryl methyl sites for hydroxylation is 1. The van der Waals surface area contributed by atoms with Crippen LogP contribution in [0.25, 0.3) is 0 Å². The fourth-order valence-corrected chi connectivity index (χ4v) is 2.84. The van der Waals surface area contributed by atoms with Gasteiger partial charge >= 0.3 is 0 Å². The van der Waals surface area contributed by atoms with Crippen LogP contribution in [0.15, 0.2) is 65.9 Å². The topological polar surface area (TPSA) is 69.3 Å². The lowest BCUT2D eigenvalue weighted by Crippen LogP contribution is -2.24. The molecule has 0 aliphatic rings. The summed E-state index contributed by atoms with van der Waals surface area (Å²) in [6.45, 7) is 5.20. The molecule has 0 aliphatic carbocycles. The van der Waals surface area contributed by atoms with Gasteiger partial charge in [-0.25, -0.2) is 0 Å². The van der Waals surface area contributed by atoms with Gasteiger partial charge in [-0.05, 0) is 36.6 Å². The zero-order valence-corrected chi connectivity index (χ0v) is 16.2. The number of amides is 1. The Morgan fingerprint density at radius 3 is 2.96 bits per heavy atom. The molecule has 28 heavy (non-hydrogen) atoms. The third kappa shape index (κ3) is 5.50. The quantitative estimate of drug-likeness (QED) is 0.408. The fourth-order valence-electron chi connectivity index (χ4n) is 2.69. The molecule has 2 heterocycles. The highest BCUT2D eigenvalue weighted by atomic mass is 35.5. The number of nitrogens with one attached hydrogen (secondary N) is 1. The van der Waals surface area contributed by atoms with Gasteiger partial charge in [0.05, 0.1) is 11.2 Å². The molecular formula is C21H22ClN3O3. The van der Waals surface area contributed by atoms with Crippen molar-refractivity contribution in [3.63, 3.8) is 0 Å². The minimum atomic E-state index is -0.253. The number of nitrogens with zero attached hydrogens (tertiary/aromatic N) is 2. The second kappa shape index (κ2) is 9.80. The van der Waals surface area contributed by atoms with E-state index in [4.69, 9.17) is 20.8 Å². The lowest BCUT2D eigenvalue weighted by atomic mass is 10.1. The van der Waals surface area contributed by atoms with Crippen LogP contribution in [0.2, 0.25) is 5.02 Å². The number of para-hydroxylation sites is 1. The molecule has 0 atom stereocenters. The van der Waals surface area contributed by atoms with Gasteiger partial charge in [-0.15, -0.1) is 6.58 Å². The van der Waals surface area contributed by atoms with Crippen molar-refractivity contribution in [3.05, 3.63) is 83.6 Å². The Kier molecular flexibility index (Phi) is 6.92. The molecule has 0 aliphatic heterocycles. The van der Waals surface area contributed by atoms with Crippen LogP contribution >= 0.6 is 11.6 Å². The first-order valence-electron chi connectivity index (χ1n) is 9.02. The summed E-state index contributed by atoms with van der Waals surface area (Å²) in [6.07, 6.45) is 6.63. The summed E-state index contributed by atoms with van der Waals surface area (Å²) in [5.41, 5.74) is 1.06. The maximum absolute atomic E-state index is 12.2. The third-order valence-electron chi connectivity index (χ3n) is 4.04. The Bertz CT molecular complexity index is 932. The summed E-state index contributed by atoms with van der Waals surface area (Å²) in [7, 11) is 0. The number of halogens is 1. The van der Waals surface area contributed by atoms with Gasteiger partial charge in [-0.3, -0.25) is 9.48 Å². The van der Waals surface area contributed by atoms with E-state index < -0.39 is 0 Å². The standard InChI is InChI=1S/C21H22ClN3O3/c1-2-6-16-7-3-4-8-19(16)27-15-18-9-10-20(28-18)21(26)23-11-5-12-25-14-17(22)13-24-25/h2-4,7-10,13-14H,1,5-6,11-12,15H2,(H,23,26). The van der Waals surface area contributed by atoms with Crippen LogP contribution in [0.5, 0.6) is 5.75 Å². The van der Waals surface area contributed by atoms with Gasteiger partial charge in [0.25, 0.3) is 5.91 Å². The highest BCUT2D eigenvalue weighted by Gasteiger charge is 2.11. The third-order valence-corrected chi connectivity index (χ3v) is 4.24. The van der Waals surface area contributed by atoms with Gasteiger partial charge in [-0.2, -0.15) is 5.10 Å². The number of hydrogen-bond acceptors (Lipinski definition) is 4. The van der Waals surface area contributed by atoms with Gasteiger partial charge in [0.15, 0.2) is 5.76 Å². The largest absolute Gasteiger partial charge is 0.485 e. The number of furan rings is 1. The van der Waals surface area contributed by atoms with E-state index in [1.165, 1.54) is 0 Å². The minimum absolute atomic E-state index is 0.251. The first-order valence-corrected chi connectivity index (χ1v) is 9.40. The van der Waals surface area contributed by atoms with E-state index in [1.807, 2.05) is 30.3 Å². The molecule has 0 spiro atoms. The lowest BCUT2D eigenvalue weighted by Gasteiger charge is -2.09. The molecule has 2 aromatic heterocycles. The molecule has 0 radical (unpaired) electrons. The SMILES string of the molecule is C=CCc1ccccc1OCc1ccc(C(=O)NCCCn2cc(Cl)cn2)o1. The fraction of sp³-hybridized carbons (Fsp3) is 0.238. The average Bonchev–Trinajstić information content (AvgIpc) is 3.34. The van der Waals surface area contributed by atoms with Gasteiger partial charge < -0.3 is 14.5 Å². The van der Waals surface area contributed by atoms with E-state index >= 15 is 0 Å². The van der Waals surface area contributed by atoms with Crippen molar-refractivity contribution < 1.29 is 13.9 Å². The zero-order valence-electron chi connectivity index (χ0n) is 15.4. The van der Waals surface area contributed by atoms with Crippen LogP contribution in [0.3, 0.4) is 0 Å². The summed E-state index contributed by atoms with van der Waals surface area (Å²) in [5, 5.41) is 7.52. The van der Waals surface area contributed by atoms with Crippen molar-refractivity contribution in [3.8, 4) is 5.75 Å². The number of benzene rings is 1. The van der Waals surface area contributed by atoms with E-state index in [2.05, 4.69) is 17.0 Å². The summed E-state index contributed by atoms with van der Waals surface area (Å²) in [4.78, 5) is 12.2. The summed E-state index contributed by atoms with van der Waals surface area (Å²) < 4.78 is 13.2. The van der Waals surface area contributed by atoms with Crippen LogP contribution in [0, 0.1) is 0 Å². The maximum Gasteiger partial charge on any atom is 0.286 e. The molecule has 1 N–H and O–H groups in total. The van der Waals surface area contributed by atoms with Crippen LogP contribution in [0.1, 0.15) is 28.3 Å². The lowest BCUT2D eigenvalue weighted by molar-refractivity contribution is 0.0920. The second-order valence-corrected chi connectivity index (χ2v) is 6.62. The molecule has 7 heteroatoms. The number of carbonyl (C=O) groups is 1. The predicted molar refractivity (Wildman–Crippen MR) is 108 cm³/mol. The monoisotopic (exact) mass is 399 g/mol. The highest BCUT2D eigenvalue weighted by Crippen LogP contribution is 2.20. The summed E-state index contributed by atoms with van der Waals surface area (Å²) in [5.74, 6) is 1.38. The summed E-state index contributed by atoms with van der Waals surface area (Å²) in [6, 6.07) is 11.2. The average molecular weight is 400 g/mol. The number of carbonyl (C=O) groups excluding carboxylic acids is 1. The molecule has 0 fully saturated rings. The first kappa shape index (κ1) is 19.8. The van der Waals surface area contributed by atoms with Crippen LogP contribution in [-0.2, 0) is 19.6 Å². The molecule has 0 unspecified atom stereocenters. The molecule has 0 saturated heterocycles. The van der Waals surface area contributed by atoms with Crippen molar-refractivity contribution in [2.75, 3.05) is 6.54 Å². The number of ether oxygens (including phenoxy) is 1. The van der Waals surface area contributed by atoms with Gasteiger partial charge in [-0.1, -0.05) is 35.9 Å². The Balaban J connectivity index is 1.45. The van der Waals surface area contributed by atoms with Crippen molar-refractivity contribution in [1.29, 1.82) is 0 Å². The Labute approximate surface area is 168 Å².